The maximum Gasteiger partial charge on any atom is 0.162 e. The van der Waals surface area contributed by atoms with Crippen LogP contribution in [0.3, 0.4) is 0 Å². The van der Waals surface area contributed by atoms with Gasteiger partial charge >= 0.3 is 0 Å². The molecule has 0 spiro atoms. The van der Waals surface area contributed by atoms with Gasteiger partial charge in [-0.3, -0.25) is 29.9 Å². The van der Waals surface area contributed by atoms with Crippen LogP contribution >= 0.6 is 0 Å². The van der Waals surface area contributed by atoms with E-state index in [2.05, 4.69) is 189 Å². The minimum Gasteiger partial charge on any atom is -0.286 e. The molecule has 19 aromatic rings. The molecular weight excluding hydrogens is 1790 g/mol. The summed E-state index contributed by atoms with van der Waals surface area (Å²) in [6, 6.07) is 11.3. The monoisotopic (exact) mass is 1900 g/mol. The summed E-state index contributed by atoms with van der Waals surface area (Å²) in [5.74, 6) is 0.824. The van der Waals surface area contributed by atoms with Crippen LogP contribution in [0.5, 0.6) is 0 Å². The molecule has 0 unspecified atom stereocenters. The molecule has 0 saturated carbocycles. The van der Waals surface area contributed by atoms with Crippen LogP contribution in [0.2, 0.25) is 0 Å². The van der Waals surface area contributed by atoms with Crippen molar-refractivity contribution in [3.63, 3.8) is 0 Å². The Balaban J connectivity index is 0.000000110. The zero-order chi connectivity index (χ0) is 97.2. The van der Waals surface area contributed by atoms with Crippen molar-refractivity contribution >= 4 is 80.2 Å². The first-order valence-electron chi connectivity index (χ1n) is 47.7. The smallest absolute Gasteiger partial charge is 0.162 e. The van der Waals surface area contributed by atoms with E-state index in [0.717, 1.165) is 160 Å². The molecule has 0 saturated heterocycles. The minimum absolute atomic E-state index is 0.720. The van der Waals surface area contributed by atoms with Gasteiger partial charge in [-0.25, -0.2) is 159 Å². The molecule has 19 aromatic heterocycles. The molecule has 0 fully saturated rings. The molecule has 0 aromatic carbocycles. The van der Waals surface area contributed by atoms with Crippen LogP contribution in [-0.2, 0) is 116 Å². The molecule has 0 amide bonds. The quantitative estimate of drug-likeness (QED) is 0.136. The van der Waals surface area contributed by atoms with Crippen LogP contribution < -0.4 is 0 Å². The van der Waals surface area contributed by atoms with E-state index in [0.29, 0.717) is 0 Å². The lowest BCUT2D eigenvalue weighted by Gasteiger charge is -2.11. The summed E-state index contributed by atoms with van der Waals surface area (Å²) in [6.45, 7) is 1.47. The topological polar surface area (TPSA) is 488 Å². The zero-order valence-electron chi connectivity index (χ0n) is 79.1. The van der Waals surface area contributed by atoms with Crippen molar-refractivity contribution in [1.82, 2.24) is 169 Å². The standard InChI is InChI=1S/4C8H10N2.4C7H5N3.3C7H8N2.4C6H5N3/c4*1-2-4-8-7(3-1)5-9-6-10-8;1-2-8-3-6-4-9-5-10-7(1)6;1-2-8-4-7-6(1)3-9-5-10-7;1-2-6-7(9-3-1)4-8-5-10-6;1-2-6-4-8-5-10-7(6)9-3-1;3*1-2-6-4-8-5-9-7(6)3-1;2*1-5-2-8-4-9-6(5)3-7-1;1-2-8-6-3-7-4-9-5(1)6;1-2-8-6-5(1)3-7-4-9-6/h4*5-6H,1-4H2;4*1-5H;3*4-5H,1-3H2;2-4H,1H2;1-2,4H,3H2;2*2-4H,1H2. The van der Waals surface area contributed by atoms with Gasteiger partial charge < -0.3 is 0 Å². The van der Waals surface area contributed by atoms with Crippen LogP contribution in [0.4, 0.5) is 11.5 Å². The van der Waals surface area contributed by atoms with E-state index in [4.69, 9.17) is 0 Å². The number of rotatable bonds is 0. The Labute approximate surface area is 825 Å². The van der Waals surface area contributed by atoms with Crippen LogP contribution in [0.15, 0.2) is 281 Å². The fourth-order valence-electron chi connectivity index (χ4n) is 16.1. The van der Waals surface area contributed by atoms with Gasteiger partial charge in [0.05, 0.1) is 65.3 Å². The molecule has 714 valence electrons. The molecule has 0 atom stereocenters. The first-order valence-corrected chi connectivity index (χ1v) is 47.7. The number of aryl methyl sites for hydroxylation is 14. The lowest BCUT2D eigenvalue weighted by molar-refractivity contribution is 0.662. The Morgan fingerprint density at radius 2 is 0.573 bits per heavy atom. The molecule has 143 heavy (non-hydrogen) atoms. The minimum atomic E-state index is 0.720. The molecule has 30 rings (SSSR count). The predicted molar refractivity (Wildman–Crippen MR) is 541 cm³/mol. The third-order valence-electron chi connectivity index (χ3n) is 23.5. The SMILES string of the molecule is C1=NCc2cncnc21.C1=NCc2ncncc21.C1=Nc2cncnc2C1.C1=Nc2ncncc2C1.c1cc2cncnc2cn1.c1cc2ncncc2cn1.c1cnc2cncnc2c1.c1cnc2ncncc2c1.c1ncc2c(n1)CCC2.c1ncc2c(n1)CCC2.c1ncc2c(n1)CCC2.c1ncc2c(n1)CCCC2.c1ncc2c(n1)CCCC2.c1ncc2c(n1)CCCC2.c1ncc2c(n1)CCCC2. The summed E-state index contributed by atoms with van der Waals surface area (Å²) in [7, 11) is 0. The zero-order valence-corrected chi connectivity index (χ0v) is 79.1. The van der Waals surface area contributed by atoms with Gasteiger partial charge in [-0.2, -0.15) is 0 Å². The number of nitrogens with zero attached hydrogens (tertiary/aromatic N) is 38. The largest absolute Gasteiger partial charge is 0.286 e. The Morgan fingerprint density at radius 3 is 1.08 bits per heavy atom. The molecular formula is C105H104N38. The summed E-state index contributed by atoms with van der Waals surface area (Å²) in [5, 5.41) is 2.98. The van der Waals surface area contributed by atoms with Crippen molar-refractivity contribution < 1.29 is 0 Å². The number of hydrogen-bond donors (Lipinski definition) is 0. The predicted octanol–water partition coefficient (Wildman–Crippen LogP) is 14.7. The highest BCUT2D eigenvalue weighted by Gasteiger charge is 2.17. The highest BCUT2D eigenvalue weighted by molar-refractivity contribution is 5.83. The van der Waals surface area contributed by atoms with Crippen LogP contribution in [0.25, 0.3) is 43.9 Å². The van der Waals surface area contributed by atoms with Gasteiger partial charge in [0.2, 0.25) is 0 Å². The van der Waals surface area contributed by atoms with Crippen molar-refractivity contribution in [2.24, 2.45) is 20.0 Å². The fraction of sp³-hybridized carbons (Fsp3) is 0.276. The van der Waals surface area contributed by atoms with Crippen molar-refractivity contribution in [2.75, 3.05) is 0 Å². The average Bonchev–Trinajstić information content (AvgIpc) is 1.85. The van der Waals surface area contributed by atoms with Gasteiger partial charge in [0.1, 0.15) is 106 Å². The van der Waals surface area contributed by atoms with Gasteiger partial charge in [-0.05, 0) is 236 Å². The summed E-state index contributed by atoms with van der Waals surface area (Å²) >= 11 is 0. The second-order valence-electron chi connectivity index (χ2n) is 33.2. The molecule has 38 heteroatoms. The maximum absolute atomic E-state index is 4.21. The normalized spacial score (nSPS) is 13.8. The second kappa shape index (κ2) is 55.2. The van der Waals surface area contributed by atoms with E-state index in [1.165, 1.54) is 232 Å². The van der Waals surface area contributed by atoms with Crippen molar-refractivity contribution in [1.29, 1.82) is 0 Å². The lowest BCUT2D eigenvalue weighted by atomic mass is 9.98. The van der Waals surface area contributed by atoms with E-state index in [1.54, 1.807) is 156 Å². The summed E-state index contributed by atoms with van der Waals surface area (Å²) in [6.07, 6.45) is 101. The first kappa shape index (κ1) is 98.6. The van der Waals surface area contributed by atoms with Gasteiger partial charge in [0.25, 0.3) is 0 Å². The van der Waals surface area contributed by atoms with Crippen LogP contribution in [0.1, 0.15) is 183 Å². The molecule has 4 aliphatic heterocycles. The van der Waals surface area contributed by atoms with Crippen molar-refractivity contribution in [3.05, 3.63) is 374 Å². The number of hydrogen-bond acceptors (Lipinski definition) is 38. The summed E-state index contributed by atoms with van der Waals surface area (Å²) in [5.41, 5.74) is 29.8. The number of pyridine rings is 4. The molecule has 0 N–H and O–H groups in total. The first-order chi connectivity index (χ1) is 71.0. The number of aromatic nitrogens is 34. The Bertz CT molecular complexity index is 6050. The summed E-state index contributed by atoms with van der Waals surface area (Å²) in [4.78, 5) is 152. The molecule has 7 aliphatic carbocycles. The maximum atomic E-state index is 4.21. The van der Waals surface area contributed by atoms with E-state index in [9.17, 15) is 0 Å². The third kappa shape index (κ3) is 31.0. The molecule has 38 nitrogen and oxygen atoms in total. The highest BCUT2D eigenvalue weighted by Crippen LogP contribution is 2.25. The van der Waals surface area contributed by atoms with E-state index < -0.39 is 0 Å². The molecule has 0 radical (unpaired) electrons. The lowest BCUT2D eigenvalue weighted by Crippen LogP contribution is -2.04. The Hall–Kier alpha value is -17.5. The number of fused-ring (bicyclic) bond motifs is 15. The molecule has 11 aliphatic rings. The van der Waals surface area contributed by atoms with E-state index in [-0.39, 0.29) is 0 Å². The van der Waals surface area contributed by atoms with Crippen LogP contribution in [-0.4, -0.2) is 194 Å². The van der Waals surface area contributed by atoms with Crippen molar-refractivity contribution in [2.45, 2.75) is 186 Å². The number of aliphatic imine (C=N–C) groups is 4. The van der Waals surface area contributed by atoms with Gasteiger partial charge in [-0.15, -0.1) is 0 Å². The summed E-state index contributed by atoms with van der Waals surface area (Å²) < 4.78 is 0. The molecule has 23 heterocycles. The highest BCUT2D eigenvalue weighted by atomic mass is 15.0. The molecule has 0 bridgehead atoms. The Morgan fingerprint density at radius 1 is 0.196 bits per heavy atom. The second-order valence-corrected chi connectivity index (χ2v) is 33.2. The van der Waals surface area contributed by atoms with E-state index >= 15 is 0 Å². The van der Waals surface area contributed by atoms with Gasteiger partial charge in [0.15, 0.2) is 11.5 Å². The van der Waals surface area contributed by atoms with Crippen molar-refractivity contribution in [3.8, 4) is 0 Å². The third-order valence-corrected chi connectivity index (χ3v) is 23.5. The van der Waals surface area contributed by atoms with Gasteiger partial charge in [0, 0.05) is 222 Å². The van der Waals surface area contributed by atoms with Crippen LogP contribution in [0, 0.1) is 0 Å². The Kier molecular flexibility index (Phi) is 38.0. The van der Waals surface area contributed by atoms with Gasteiger partial charge in [-0.1, -0.05) is 0 Å². The van der Waals surface area contributed by atoms with E-state index in [1.807, 2.05) is 92.2 Å². The average molecular weight is 1900 g/mol. The fourth-order valence-corrected chi connectivity index (χ4v) is 16.1.